The number of ether oxygens (including phenoxy) is 1. The van der Waals surface area contributed by atoms with Crippen LogP contribution in [0.1, 0.15) is 56.1 Å². The quantitative estimate of drug-likeness (QED) is 0.625. The van der Waals surface area contributed by atoms with E-state index in [4.69, 9.17) is 22.7 Å². The lowest BCUT2D eigenvalue weighted by Crippen LogP contribution is -2.43. The summed E-state index contributed by atoms with van der Waals surface area (Å²) < 4.78 is 5.42. The molecule has 0 radical (unpaired) electrons. The number of benzene rings is 1. The fourth-order valence-corrected chi connectivity index (χ4v) is 5.83. The molecule has 0 saturated heterocycles. The van der Waals surface area contributed by atoms with Gasteiger partial charge in [-0.25, -0.2) is 0 Å². The summed E-state index contributed by atoms with van der Waals surface area (Å²) in [4.78, 5) is 0. The molecule has 1 aromatic carbocycles. The van der Waals surface area contributed by atoms with Gasteiger partial charge in [0.05, 0.1) is 7.11 Å². The number of hydrogen-bond donors (Lipinski definition) is 2. The number of nitrogens with two attached hydrogens (primary N) is 1. The van der Waals surface area contributed by atoms with Crippen LogP contribution in [0.3, 0.4) is 0 Å². The maximum atomic E-state index is 5.57. The number of nitrogens with zero attached hydrogens (tertiary/aromatic N) is 1. The van der Waals surface area contributed by atoms with E-state index in [9.17, 15) is 0 Å². The predicted molar refractivity (Wildman–Crippen MR) is 105 cm³/mol. The van der Waals surface area contributed by atoms with Gasteiger partial charge in [-0.15, -0.1) is 0 Å². The Morgan fingerprint density at radius 2 is 2.16 bits per heavy atom. The third-order valence-electron chi connectivity index (χ3n) is 6.98. The zero-order valence-electron chi connectivity index (χ0n) is 15.0. The van der Waals surface area contributed by atoms with Gasteiger partial charge in [0.1, 0.15) is 5.75 Å². The highest BCUT2D eigenvalue weighted by molar-refractivity contribution is 7.80. The first-order valence-corrected chi connectivity index (χ1v) is 9.73. The van der Waals surface area contributed by atoms with Gasteiger partial charge in [-0.05, 0) is 91.8 Å². The van der Waals surface area contributed by atoms with Crippen molar-refractivity contribution in [3.8, 4) is 5.75 Å². The molecule has 2 saturated carbocycles. The van der Waals surface area contributed by atoms with Crippen molar-refractivity contribution in [1.82, 2.24) is 5.43 Å². The molecule has 0 bridgehead atoms. The standard InChI is InChI=1S/C20H27N3OS/c1-20-10-9-15-14-6-4-13(24-2)11-12(14)3-5-16(15)17(20)7-8-18(20)22-23-19(21)25/h4,6,11,15-17H,3,5,7-10H2,1-2H3,(H3,21,23,25)/b22-18+. The van der Waals surface area contributed by atoms with Crippen molar-refractivity contribution < 1.29 is 4.74 Å². The Balaban J connectivity index is 1.62. The lowest BCUT2D eigenvalue weighted by molar-refractivity contribution is 0.0954. The van der Waals surface area contributed by atoms with Crippen LogP contribution in [0.4, 0.5) is 0 Å². The zero-order chi connectivity index (χ0) is 17.6. The minimum Gasteiger partial charge on any atom is -0.497 e. The van der Waals surface area contributed by atoms with Gasteiger partial charge in [0, 0.05) is 11.1 Å². The normalized spacial score (nSPS) is 34.8. The van der Waals surface area contributed by atoms with Crippen molar-refractivity contribution in [3.05, 3.63) is 29.3 Å². The van der Waals surface area contributed by atoms with Gasteiger partial charge in [-0.3, -0.25) is 5.43 Å². The van der Waals surface area contributed by atoms with E-state index in [0.29, 0.717) is 11.8 Å². The van der Waals surface area contributed by atoms with Crippen LogP contribution in [0.2, 0.25) is 0 Å². The smallest absolute Gasteiger partial charge is 0.184 e. The lowest BCUT2D eigenvalue weighted by atomic mass is 9.55. The maximum absolute atomic E-state index is 5.57. The second kappa shape index (κ2) is 6.27. The van der Waals surface area contributed by atoms with E-state index in [1.54, 1.807) is 12.7 Å². The molecule has 25 heavy (non-hydrogen) atoms. The highest BCUT2D eigenvalue weighted by atomic mass is 32.1. The van der Waals surface area contributed by atoms with E-state index < -0.39 is 0 Å². The fraction of sp³-hybridized carbons (Fsp3) is 0.600. The molecule has 4 nitrogen and oxygen atoms in total. The second-order valence-electron chi connectivity index (χ2n) is 8.01. The fourth-order valence-electron chi connectivity index (χ4n) is 5.78. The van der Waals surface area contributed by atoms with Crippen LogP contribution in [0.5, 0.6) is 5.75 Å². The Bertz CT molecular complexity index is 732. The summed E-state index contributed by atoms with van der Waals surface area (Å²) in [6.45, 7) is 2.41. The van der Waals surface area contributed by atoms with Gasteiger partial charge in [0.15, 0.2) is 5.11 Å². The Kier molecular flexibility index (Phi) is 4.22. The number of fused-ring (bicyclic) bond motifs is 5. The molecular formula is C20H27N3OS. The van der Waals surface area contributed by atoms with Crippen molar-refractivity contribution in [1.29, 1.82) is 0 Å². The number of rotatable bonds is 2. The van der Waals surface area contributed by atoms with Gasteiger partial charge in [-0.1, -0.05) is 13.0 Å². The Labute approximate surface area is 155 Å². The molecule has 0 spiro atoms. The van der Waals surface area contributed by atoms with Crippen LogP contribution in [0.25, 0.3) is 0 Å². The molecule has 134 valence electrons. The third kappa shape index (κ3) is 2.73. The molecule has 4 atom stereocenters. The van der Waals surface area contributed by atoms with Crippen molar-refractivity contribution in [2.75, 3.05) is 7.11 Å². The summed E-state index contributed by atoms with van der Waals surface area (Å²) in [5.74, 6) is 3.15. The summed E-state index contributed by atoms with van der Waals surface area (Å²) in [7, 11) is 1.75. The SMILES string of the molecule is COc1ccc2c(c1)CCC1C2CCC2(C)/C(=N/NC(N)=S)CCC12. The lowest BCUT2D eigenvalue weighted by Gasteiger charge is -2.49. The number of methoxy groups -OCH3 is 1. The highest BCUT2D eigenvalue weighted by Gasteiger charge is 2.53. The van der Waals surface area contributed by atoms with Crippen molar-refractivity contribution in [2.45, 2.75) is 51.4 Å². The van der Waals surface area contributed by atoms with Gasteiger partial charge >= 0.3 is 0 Å². The molecule has 4 unspecified atom stereocenters. The molecule has 0 aromatic heterocycles. The monoisotopic (exact) mass is 357 g/mol. The molecule has 4 rings (SSSR count). The highest BCUT2D eigenvalue weighted by Crippen LogP contribution is 2.59. The number of hydrogen-bond acceptors (Lipinski definition) is 3. The summed E-state index contributed by atoms with van der Waals surface area (Å²) in [5, 5.41) is 4.83. The van der Waals surface area contributed by atoms with E-state index in [1.807, 2.05) is 0 Å². The minimum absolute atomic E-state index is 0.197. The molecule has 3 N–H and O–H groups in total. The van der Waals surface area contributed by atoms with Crippen molar-refractivity contribution in [3.63, 3.8) is 0 Å². The predicted octanol–water partition coefficient (Wildman–Crippen LogP) is 3.74. The Morgan fingerprint density at radius 1 is 1.32 bits per heavy atom. The average molecular weight is 358 g/mol. The van der Waals surface area contributed by atoms with Gasteiger partial charge in [0.25, 0.3) is 0 Å². The zero-order valence-corrected chi connectivity index (χ0v) is 15.9. The second-order valence-corrected chi connectivity index (χ2v) is 8.45. The van der Waals surface area contributed by atoms with Crippen LogP contribution < -0.4 is 15.9 Å². The third-order valence-corrected chi connectivity index (χ3v) is 7.07. The summed E-state index contributed by atoms with van der Waals surface area (Å²) in [6.07, 6.45) is 7.18. The largest absolute Gasteiger partial charge is 0.497 e. The molecule has 5 heteroatoms. The van der Waals surface area contributed by atoms with Crippen LogP contribution in [0, 0.1) is 17.3 Å². The van der Waals surface area contributed by atoms with Gasteiger partial charge in [0.2, 0.25) is 0 Å². The molecule has 3 aliphatic carbocycles. The topological polar surface area (TPSA) is 59.6 Å². The summed E-state index contributed by atoms with van der Waals surface area (Å²) >= 11 is 4.92. The molecule has 2 fully saturated rings. The van der Waals surface area contributed by atoms with Gasteiger partial charge < -0.3 is 10.5 Å². The van der Waals surface area contributed by atoms with Crippen molar-refractivity contribution >= 4 is 23.0 Å². The summed E-state index contributed by atoms with van der Waals surface area (Å²) in [6, 6.07) is 6.68. The van der Waals surface area contributed by atoms with E-state index in [-0.39, 0.29) is 10.5 Å². The molecule has 0 aliphatic heterocycles. The Morgan fingerprint density at radius 3 is 2.92 bits per heavy atom. The first-order valence-electron chi connectivity index (χ1n) is 9.32. The number of aryl methyl sites for hydroxylation is 1. The van der Waals surface area contributed by atoms with Crippen LogP contribution in [-0.4, -0.2) is 17.9 Å². The maximum Gasteiger partial charge on any atom is 0.184 e. The van der Waals surface area contributed by atoms with E-state index in [2.05, 4.69) is 35.7 Å². The number of thiocarbonyl (C=S) groups is 1. The first-order chi connectivity index (χ1) is 12.0. The first kappa shape index (κ1) is 16.8. The Hall–Kier alpha value is -1.62. The molecule has 0 heterocycles. The van der Waals surface area contributed by atoms with E-state index in [0.717, 1.165) is 24.5 Å². The summed E-state index contributed by atoms with van der Waals surface area (Å²) in [5.41, 5.74) is 12.9. The van der Waals surface area contributed by atoms with Crippen LogP contribution in [0.15, 0.2) is 23.3 Å². The molecule has 0 amide bonds. The number of hydrazone groups is 1. The van der Waals surface area contributed by atoms with E-state index in [1.165, 1.54) is 37.0 Å². The minimum atomic E-state index is 0.197. The van der Waals surface area contributed by atoms with Crippen molar-refractivity contribution in [2.24, 2.45) is 28.1 Å². The molecule has 3 aliphatic rings. The van der Waals surface area contributed by atoms with E-state index >= 15 is 0 Å². The van der Waals surface area contributed by atoms with Crippen LogP contribution in [-0.2, 0) is 6.42 Å². The van der Waals surface area contributed by atoms with Gasteiger partial charge in [-0.2, -0.15) is 5.10 Å². The van der Waals surface area contributed by atoms with Crippen LogP contribution >= 0.6 is 12.2 Å². The number of nitrogens with one attached hydrogen (secondary N) is 1. The molecule has 1 aromatic rings. The average Bonchev–Trinajstić information content (AvgIpc) is 2.95. The molecular weight excluding hydrogens is 330 g/mol.